The van der Waals surface area contributed by atoms with Gasteiger partial charge in [-0.25, -0.2) is 4.39 Å². The van der Waals surface area contributed by atoms with Crippen LogP contribution in [-0.4, -0.2) is 23.5 Å². The number of benzene rings is 2. The topological polar surface area (TPSA) is 41.6 Å². The summed E-state index contributed by atoms with van der Waals surface area (Å²) in [5.41, 5.74) is 1.94. The fourth-order valence-corrected chi connectivity index (χ4v) is 3.21. The van der Waals surface area contributed by atoms with E-state index in [-0.39, 0.29) is 17.9 Å². The molecule has 1 saturated heterocycles. The molecule has 0 saturated carbocycles. The van der Waals surface area contributed by atoms with Crippen LogP contribution in [0.15, 0.2) is 48.5 Å². The molecule has 0 spiro atoms. The van der Waals surface area contributed by atoms with Crippen molar-refractivity contribution in [3.8, 4) is 5.75 Å². The largest absolute Gasteiger partial charge is 0.489 e. The Kier molecular flexibility index (Phi) is 6.23. The Morgan fingerprint density at radius 1 is 1.23 bits per heavy atom. The molecule has 0 radical (unpaired) electrons. The average molecular weight is 356 g/mol. The van der Waals surface area contributed by atoms with Gasteiger partial charge in [0.15, 0.2) is 0 Å². The number of halogens is 1. The highest BCUT2D eigenvalue weighted by Gasteiger charge is 2.26. The van der Waals surface area contributed by atoms with Gasteiger partial charge in [-0.2, -0.15) is 0 Å². The van der Waals surface area contributed by atoms with E-state index in [9.17, 15) is 9.18 Å². The van der Waals surface area contributed by atoms with Gasteiger partial charge in [-0.1, -0.05) is 31.2 Å². The molecule has 1 fully saturated rings. The molecule has 1 heterocycles. The van der Waals surface area contributed by atoms with Gasteiger partial charge in [-0.05, 0) is 48.2 Å². The van der Waals surface area contributed by atoms with Crippen LogP contribution in [0.2, 0.25) is 0 Å². The van der Waals surface area contributed by atoms with Crippen LogP contribution in [-0.2, 0) is 17.9 Å². The van der Waals surface area contributed by atoms with Gasteiger partial charge in [0.1, 0.15) is 18.2 Å². The maximum atomic E-state index is 13.2. The second-order valence-electron chi connectivity index (χ2n) is 6.54. The molecule has 2 aromatic carbocycles. The number of likely N-dealkylation sites (tertiary alicyclic amines) is 1. The zero-order valence-electron chi connectivity index (χ0n) is 15.1. The summed E-state index contributed by atoms with van der Waals surface area (Å²) >= 11 is 0. The Labute approximate surface area is 154 Å². The molecule has 1 aliphatic heterocycles. The summed E-state index contributed by atoms with van der Waals surface area (Å²) in [6.07, 6.45) is 2.73. The first kappa shape index (κ1) is 18.4. The Bertz CT molecular complexity index is 733. The van der Waals surface area contributed by atoms with E-state index in [1.165, 1.54) is 12.1 Å². The molecule has 0 aromatic heterocycles. The van der Waals surface area contributed by atoms with E-state index in [0.29, 0.717) is 19.6 Å². The molecule has 138 valence electrons. The highest BCUT2D eigenvalue weighted by molar-refractivity contribution is 5.76. The van der Waals surface area contributed by atoms with E-state index in [1.54, 1.807) is 6.07 Å². The highest BCUT2D eigenvalue weighted by atomic mass is 19.1. The van der Waals surface area contributed by atoms with Crippen molar-refractivity contribution < 1.29 is 13.9 Å². The standard InChI is InChI=1S/C21H25FN2O2/c1-2-21(25)24-12-4-7-20(24)23-14-16-8-10-19(11-9-16)26-15-17-5-3-6-18(22)13-17/h3,5-6,8-11,13,20,23H,2,4,7,12,14-15H2,1H3. The Morgan fingerprint density at radius 3 is 2.77 bits per heavy atom. The Morgan fingerprint density at radius 2 is 2.04 bits per heavy atom. The van der Waals surface area contributed by atoms with Crippen molar-refractivity contribution in [2.45, 2.75) is 45.5 Å². The predicted molar refractivity (Wildman–Crippen MR) is 99.0 cm³/mol. The number of carbonyl (C=O) groups is 1. The number of amides is 1. The minimum absolute atomic E-state index is 0.131. The highest BCUT2D eigenvalue weighted by Crippen LogP contribution is 2.18. The van der Waals surface area contributed by atoms with Gasteiger partial charge >= 0.3 is 0 Å². The van der Waals surface area contributed by atoms with E-state index < -0.39 is 0 Å². The molecule has 1 aliphatic rings. The van der Waals surface area contributed by atoms with Gasteiger partial charge in [-0.3, -0.25) is 10.1 Å². The molecule has 0 bridgehead atoms. The lowest BCUT2D eigenvalue weighted by Gasteiger charge is -2.25. The molecule has 0 aliphatic carbocycles. The van der Waals surface area contributed by atoms with Crippen molar-refractivity contribution in [2.24, 2.45) is 0 Å². The maximum absolute atomic E-state index is 13.2. The van der Waals surface area contributed by atoms with Gasteiger partial charge in [-0.15, -0.1) is 0 Å². The maximum Gasteiger partial charge on any atom is 0.223 e. The van der Waals surface area contributed by atoms with E-state index >= 15 is 0 Å². The number of carbonyl (C=O) groups excluding carboxylic acids is 1. The first-order valence-electron chi connectivity index (χ1n) is 9.14. The summed E-state index contributed by atoms with van der Waals surface area (Å²) in [4.78, 5) is 13.9. The van der Waals surface area contributed by atoms with Gasteiger partial charge in [0.05, 0.1) is 6.17 Å². The summed E-state index contributed by atoms with van der Waals surface area (Å²) in [7, 11) is 0. The minimum Gasteiger partial charge on any atom is -0.489 e. The van der Waals surface area contributed by atoms with Crippen molar-refractivity contribution >= 4 is 5.91 Å². The van der Waals surface area contributed by atoms with Crippen LogP contribution >= 0.6 is 0 Å². The zero-order chi connectivity index (χ0) is 18.4. The van der Waals surface area contributed by atoms with Crippen LogP contribution < -0.4 is 10.1 Å². The van der Waals surface area contributed by atoms with Crippen LogP contribution in [0.5, 0.6) is 5.75 Å². The summed E-state index contributed by atoms with van der Waals surface area (Å²) < 4.78 is 18.9. The molecule has 1 atom stereocenters. The number of hydrogen-bond acceptors (Lipinski definition) is 3. The third-order valence-corrected chi connectivity index (χ3v) is 4.64. The SMILES string of the molecule is CCC(=O)N1CCCC1NCc1ccc(OCc2cccc(F)c2)cc1. The third-order valence-electron chi connectivity index (χ3n) is 4.64. The number of nitrogens with zero attached hydrogens (tertiary/aromatic N) is 1. The molecular weight excluding hydrogens is 331 g/mol. The van der Waals surface area contributed by atoms with Crippen molar-refractivity contribution in [1.29, 1.82) is 0 Å². The second kappa shape index (κ2) is 8.81. The fourth-order valence-electron chi connectivity index (χ4n) is 3.21. The minimum atomic E-state index is -0.255. The molecule has 3 rings (SSSR count). The zero-order valence-corrected chi connectivity index (χ0v) is 15.1. The predicted octanol–water partition coefficient (Wildman–Crippen LogP) is 3.85. The lowest BCUT2D eigenvalue weighted by atomic mass is 10.2. The molecule has 26 heavy (non-hydrogen) atoms. The van der Waals surface area contributed by atoms with Crippen LogP contribution in [0.4, 0.5) is 4.39 Å². The molecule has 1 N–H and O–H groups in total. The monoisotopic (exact) mass is 356 g/mol. The number of nitrogens with one attached hydrogen (secondary N) is 1. The van der Waals surface area contributed by atoms with Gasteiger partial charge in [0.2, 0.25) is 5.91 Å². The van der Waals surface area contributed by atoms with E-state index in [1.807, 2.05) is 42.2 Å². The lowest BCUT2D eigenvalue weighted by Crippen LogP contribution is -2.44. The summed E-state index contributed by atoms with van der Waals surface area (Å²) in [6.45, 7) is 3.80. The van der Waals surface area contributed by atoms with E-state index in [4.69, 9.17) is 4.74 Å². The lowest BCUT2D eigenvalue weighted by molar-refractivity contribution is -0.132. The normalized spacial score (nSPS) is 16.7. The van der Waals surface area contributed by atoms with Crippen LogP contribution in [0.3, 0.4) is 0 Å². The van der Waals surface area contributed by atoms with Crippen molar-refractivity contribution in [3.63, 3.8) is 0 Å². The third kappa shape index (κ3) is 4.82. The van der Waals surface area contributed by atoms with Crippen LogP contribution in [0.1, 0.15) is 37.3 Å². The van der Waals surface area contributed by atoms with Crippen LogP contribution in [0.25, 0.3) is 0 Å². The van der Waals surface area contributed by atoms with Crippen molar-refractivity contribution in [3.05, 3.63) is 65.5 Å². The first-order valence-corrected chi connectivity index (χ1v) is 9.14. The Balaban J connectivity index is 1.49. The molecule has 2 aromatic rings. The van der Waals surface area contributed by atoms with Gasteiger partial charge < -0.3 is 9.64 Å². The van der Waals surface area contributed by atoms with Crippen LogP contribution in [0, 0.1) is 5.82 Å². The number of rotatable bonds is 7. The summed E-state index contributed by atoms with van der Waals surface area (Å²) in [5, 5.41) is 3.47. The summed E-state index contributed by atoms with van der Waals surface area (Å²) in [5.74, 6) is 0.706. The molecule has 4 nitrogen and oxygen atoms in total. The molecule has 5 heteroatoms. The quantitative estimate of drug-likeness (QED) is 0.819. The summed E-state index contributed by atoms with van der Waals surface area (Å²) in [6, 6.07) is 14.3. The van der Waals surface area contributed by atoms with Gasteiger partial charge in [0.25, 0.3) is 0 Å². The van der Waals surface area contributed by atoms with Crippen molar-refractivity contribution in [1.82, 2.24) is 10.2 Å². The second-order valence-corrected chi connectivity index (χ2v) is 6.54. The average Bonchev–Trinajstić information content (AvgIpc) is 3.13. The Hall–Kier alpha value is -2.40. The molecular formula is C21H25FN2O2. The fraction of sp³-hybridized carbons (Fsp3) is 0.381. The number of ether oxygens (including phenoxy) is 1. The molecule has 1 unspecified atom stereocenters. The smallest absolute Gasteiger partial charge is 0.223 e. The van der Waals surface area contributed by atoms with Gasteiger partial charge in [0, 0.05) is 19.5 Å². The number of hydrogen-bond donors (Lipinski definition) is 1. The molecule has 1 amide bonds. The first-order chi connectivity index (χ1) is 12.7. The van der Waals surface area contributed by atoms with Crippen molar-refractivity contribution in [2.75, 3.05) is 6.54 Å². The van der Waals surface area contributed by atoms with E-state index in [0.717, 1.165) is 36.3 Å². The van der Waals surface area contributed by atoms with E-state index in [2.05, 4.69) is 5.32 Å².